The topological polar surface area (TPSA) is 73.4 Å². The minimum atomic E-state index is -4.56. The van der Waals surface area contributed by atoms with E-state index in [0.717, 1.165) is 0 Å². The molecule has 0 unspecified atom stereocenters. The lowest BCUT2D eigenvalue weighted by molar-refractivity contribution is -0.140. The summed E-state index contributed by atoms with van der Waals surface area (Å²) in [6, 6.07) is 0. The van der Waals surface area contributed by atoms with E-state index < -0.39 is 17.5 Å². The van der Waals surface area contributed by atoms with Gasteiger partial charge < -0.3 is 15.4 Å². The van der Waals surface area contributed by atoms with Crippen LogP contribution < -0.4 is 5.73 Å². The van der Waals surface area contributed by atoms with Crippen molar-refractivity contribution < 1.29 is 22.7 Å². The van der Waals surface area contributed by atoms with Crippen molar-refractivity contribution in [2.75, 3.05) is 18.8 Å². The fraction of sp³-hybridized carbons (Fsp3) is 0.750. The number of halogens is 3. The normalized spacial score (nSPS) is 17.0. The van der Waals surface area contributed by atoms with E-state index in [-0.39, 0.29) is 17.7 Å². The number of alkyl halides is 3. The maximum absolute atomic E-state index is 12.9. The molecular weight excluding hydrogens is 337 g/mol. The van der Waals surface area contributed by atoms with Gasteiger partial charge in [-0.15, -0.1) is 0 Å². The quantitative estimate of drug-likeness (QED) is 0.875. The van der Waals surface area contributed by atoms with Crippen LogP contribution in [0.5, 0.6) is 0 Å². The van der Waals surface area contributed by atoms with E-state index in [0.29, 0.717) is 38.2 Å². The Morgan fingerprint density at radius 1 is 1.28 bits per heavy atom. The van der Waals surface area contributed by atoms with Gasteiger partial charge in [0.25, 0.3) is 0 Å². The molecule has 25 heavy (non-hydrogen) atoms. The van der Waals surface area contributed by atoms with Crippen molar-refractivity contribution in [3.63, 3.8) is 0 Å². The number of hydrogen-bond donors (Lipinski definition) is 1. The zero-order valence-electron chi connectivity index (χ0n) is 15.0. The fourth-order valence-electron chi connectivity index (χ4n) is 2.82. The van der Waals surface area contributed by atoms with Crippen molar-refractivity contribution in [2.24, 2.45) is 5.92 Å². The van der Waals surface area contributed by atoms with E-state index in [1.165, 1.54) is 11.6 Å². The molecule has 1 amide bonds. The summed E-state index contributed by atoms with van der Waals surface area (Å²) >= 11 is 0. The standard InChI is InChI=1S/C16H25F3N4O2/c1-10-12(20)13(16(17,18)19)21-23(10)9-11-5-7-22(8-6-11)14(24)25-15(2,3)4/h11H,5-9,20H2,1-4H3. The second-order valence-corrected chi connectivity index (χ2v) is 7.44. The van der Waals surface area contributed by atoms with Crippen molar-refractivity contribution in [1.82, 2.24) is 14.7 Å². The van der Waals surface area contributed by atoms with E-state index in [1.54, 1.807) is 25.7 Å². The van der Waals surface area contributed by atoms with Crippen LogP contribution in [0.1, 0.15) is 45.0 Å². The number of carbonyl (C=O) groups is 1. The summed E-state index contributed by atoms with van der Waals surface area (Å²) in [6.45, 7) is 8.34. The van der Waals surface area contributed by atoms with E-state index >= 15 is 0 Å². The Bertz CT molecular complexity index is 627. The maximum atomic E-state index is 12.9. The molecule has 6 nitrogen and oxygen atoms in total. The molecule has 2 heterocycles. The summed E-state index contributed by atoms with van der Waals surface area (Å²) in [7, 11) is 0. The van der Waals surface area contributed by atoms with Crippen molar-refractivity contribution in [1.29, 1.82) is 0 Å². The summed E-state index contributed by atoms with van der Waals surface area (Å²) in [5.74, 6) is 0.137. The third kappa shape index (κ3) is 4.79. The lowest BCUT2D eigenvalue weighted by atomic mass is 9.97. The number of amides is 1. The van der Waals surface area contributed by atoms with Crippen LogP contribution in [0.15, 0.2) is 0 Å². The van der Waals surface area contributed by atoms with Crippen LogP contribution in [-0.4, -0.2) is 39.5 Å². The number of ether oxygens (including phenoxy) is 1. The number of nitrogens with two attached hydrogens (primary N) is 1. The van der Waals surface area contributed by atoms with Gasteiger partial charge in [-0.2, -0.15) is 18.3 Å². The van der Waals surface area contributed by atoms with Gasteiger partial charge in [-0.3, -0.25) is 4.68 Å². The van der Waals surface area contributed by atoms with E-state index in [4.69, 9.17) is 10.5 Å². The molecule has 2 rings (SSSR count). The molecule has 0 atom stereocenters. The first-order valence-electron chi connectivity index (χ1n) is 8.26. The minimum Gasteiger partial charge on any atom is -0.444 e. The molecule has 2 N–H and O–H groups in total. The van der Waals surface area contributed by atoms with Crippen LogP contribution in [0.2, 0.25) is 0 Å². The maximum Gasteiger partial charge on any atom is 0.437 e. The summed E-state index contributed by atoms with van der Waals surface area (Å²) in [4.78, 5) is 13.7. The summed E-state index contributed by atoms with van der Waals surface area (Å²) in [5, 5.41) is 3.64. The third-order valence-corrected chi connectivity index (χ3v) is 4.22. The molecule has 1 saturated heterocycles. The predicted octanol–water partition coefficient (Wildman–Crippen LogP) is 3.44. The van der Waals surface area contributed by atoms with E-state index in [9.17, 15) is 18.0 Å². The molecule has 0 aliphatic carbocycles. The number of carbonyl (C=O) groups excluding carboxylic acids is 1. The number of hydrogen-bond acceptors (Lipinski definition) is 4. The van der Waals surface area contributed by atoms with Crippen LogP contribution in [-0.2, 0) is 17.5 Å². The van der Waals surface area contributed by atoms with Crippen LogP contribution in [0.4, 0.5) is 23.7 Å². The first kappa shape index (κ1) is 19.4. The van der Waals surface area contributed by atoms with Gasteiger partial charge in [0.2, 0.25) is 0 Å². The van der Waals surface area contributed by atoms with E-state index in [2.05, 4.69) is 5.10 Å². The molecule has 1 aliphatic rings. The molecule has 1 fully saturated rings. The van der Waals surface area contributed by atoms with Crippen LogP contribution >= 0.6 is 0 Å². The number of nitrogen functional groups attached to an aromatic ring is 1. The number of rotatable bonds is 2. The second kappa shape index (κ2) is 6.76. The molecule has 1 aromatic heterocycles. The van der Waals surface area contributed by atoms with Gasteiger partial charge >= 0.3 is 12.3 Å². The Morgan fingerprint density at radius 3 is 2.28 bits per heavy atom. The fourth-order valence-corrected chi connectivity index (χ4v) is 2.82. The highest BCUT2D eigenvalue weighted by molar-refractivity contribution is 5.68. The SMILES string of the molecule is Cc1c(N)c(C(F)(F)F)nn1CC1CCN(C(=O)OC(C)(C)C)CC1. The molecule has 0 saturated carbocycles. The summed E-state index contributed by atoms with van der Waals surface area (Å²) < 4.78 is 45.3. The van der Waals surface area contributed by atoms with Crippen molar-refractivity contribution in [3.8, 4) is 0 Å². The molecular formula is C16H25F3N4O2. The Morgan fingerprint density at radius 2 is 1.84 bits per heavy atom. The molecule has 0 radical (unpaired) electrons. The Balaban J connectivity index is 1.96. The lowest BCUT2D eigenvalue weighted by Gasteiger charge is -2.33. The third-order valence-electron chi connectivity index (χ3n) is 4.22. The van der Waals surface area contributed by atoms with Crippen molar-refractivity contribution >= 4 is 11.8 Å². The lowest BCUT2D eigenvalue weighted by Crippen LogP contribution is -2.42. The monoisotopic (exact) mass is 362 g/mol. The van der Waals surface area contributed by atoms with Gasteiger partial charge in [-0.05, 0) is 46.5 Å². The molecule has 142 valence electrons. The first-order valence-corrected chi connectivity index (χ1v) is 8.26. The Labute approximate surface area is 145 Å². The van der Waals surface area contributed by atoms with Gasteiger partial charge in [0.05, 0.1) is 11.4 Å². The predicted molar refractivity (Wildman–Crippen MR) is 86.9 cm³/mol. The van der Waals surface area contributed by atoms with E-state index in [1.807, 2.05) is 0 Å². The molecule has 1 aromatic rings. The highest BCUT2D eigenvalue weighted by atomic mass is 19.4. The molecule has 0 aromatic carbocycles. The van der Waals surface area contributed by atoms with Crippen LogP contribution in [0.25, 0.3) is 0 Å². The Hall–Kier alpha value is -1.93. The average Bonchev–Trinajstić information content (AvgIpc) is 2.74. The largest absolute Gasteiger partial charge is 0.444 e. The zero-order chi connectivity index (χ0) is 19.0. The molecule has 1 aliphatic heterocycles. The zero-order valence-corrected chi connectivity index (χ0v) is 15.0. The highest BCUT2D eigenvalue weighted by Crippen LogP contribution is 2.34. The van der Waals surface area contributed by atoms with Gasteiger partial charge in [-0.1, -0.05) is 0 Å². The minimum absolute atomic E-state index is 0.137. The van der Waals surface area contributed by atoms with Gasteiger partial charge in [0.15, 0.2) is 5.69 Å². The first-order chi connectivity index (χ1) is 11.4. The van der Waals surface area contributed by atoms with Crippen molar-refractivity contribution in [2.45, 2.75) is 58.9 Å². The van der Waals surface area contributed by atoms with Crippen molar-refractivity contribution in [3.05, 3.63) is 11.4 Å². The highest BCUT2D eigenvalue weighted by Gasteiger charge is 2.38. The molecule has 0 bridgehead atoms. The average molecular weight is 362 g/mol. The molecule has 9 heteroatoms. The summed E-state index contributed by atoms with van der Waals surface area (Å²) in [5.41, 5.74) is 3.96. The number of piperidine rings is 1. The Kier molecular flexibility index (Phi) is 5.24. The number of nitrogens with zero attached hydrogens (tertiary/aromatic N) is 3. The van der Waals surface area contributed by atoms with Crippen LogP contribution in [0, 0.1) is 12.8 Å². The van der Waals surface area contributed by atoms with Gasteiger partial charge in [0.1, 0.15) is 5.60 Å². The van der Waals surface area contributed by atoms with Gasteiger partial charge in [-0.25, -0.2) is 4.79 Å². The smallest absolute Gasteiger partial charge is 0.437 e. The second-order valence-electron chi connectivity index (χ2n) is 7.44. The van der Waals surface area contributed by atoms with Gasteiger partial charge in [0, 0.05) is 19.6 Å². The number of anilines is 1. The van der Waals surface area contributed by atoms with Crippen LogP contribution in [0.3, 0.4) is 0 Å². The number of aromatic nitrogens is 2. The summed E-state index contributed by atoms with van der Waals surface area (Å²) in [6.07, 6.45) is -3.55. The molecule has 0 spiro atoms. The number of likely N-dealkylation sites (tertiary alicyclic amines) is 1.